The summed E-state index contributed by atoms with van der Waals surface area (Å²) in [6.45, 7) is 0.384. The number of ketones is 2. The molecule has 2 saturated carbocycles. The summed E-state index contributed by atoms with van der Waals surface area (Å²) in [7, 11) is 0. The van der Waals surface area contributed by atoms with E-state index < -0.39 is 59.3 Å². The highest BCUT2D eigenvalue weighted by molar-refractivity contribution is 6.38. The van der Waals surface area contributed by atoms with Crippen molar-refractivity contribution in [2.75, 3.05) is 0 Å². The van der Waals surface area contributed by atoms with E-state index in [1.54, 1.807) is 0 Å². The molecule has 0 saturated heterocycles. The lowest BCUT2D eigenvalue weighted by Crippen LogP contribution is -2.53. The fourth-order valence-electron chi connectivity index (χ4n) is 3.91. The highest BCUT2D eigenvalue weighted by Crippen LogP contribution is 2.46. The molecule has 0 aromatic carbocycles. The van der Waals surface area contributed by atoms with Gasteiger partial charge in [-0.25, -0.2) is 4.39 Å². The summed E-state index contributed by atoms with van der Waals surface area (Å²) in [5.74, 6) is -8.18. The summed E-state index contributed by atoms with van der Waals surface area (Å²) in [5, 5.41) is 1.94. The van der Waals surface area contributed by atoms with Crippen LogP contribution >= 0.6 is 0 Å². The van der Waals surface area contributed by atoms with Gasteiger partial charge in [0, 0.05) is 25.2 Å². The second-order valence-electron chi connectivity index (χ2n) is 7.95. The van der Waals surface area contributed by atoms with E-state index in [0.717, 1.165) is 0 Å². The number of hydrogen-bond donors (Lipinski definition) is 2. The van der Waals surface area contributed by atoms with Crippen LogP contribution in [0.4, 0.5) is 13.2 Å². The van der Waals surface area contributed by atoms with E-state index in [-0.39, 0.29) is 25.7 Å². The number of alkyl halides is 3. The van der Waals surface area contributed by atoms with E-state index in [2.05, 4.69) is 0 Å². The molecule has 2 amide bonds. The molecule has 0 heterocycles. The van der Waals surface area contributed by atoms with Crippen LogP contribution in [0.2, 0.25) is 0 Å². The van der Waals surface area contributed by atoms with Gasteiger partial charge < -0.3 is 11.1 Å². The first-order valence-electron chi connectivity index (χ1n) is 9.13. The normalized spacial score (nSPS) is 21.8. The van der Waals surface area contributed by atoms with Gasteiger partial charge in [0.2, 0.25) is 5.78 Å². The van der Waals surface area contributed by atoms with E-state index >= 15 is 0 Å². The molecule has 6 nitrogen and oxygen atoms in total. The lowest BCUT2D eigenvalue weighted by Gasteiger charge is -2.40. The van der Waals surface area contributed by atoms with Gasteiger partial charge in [0.25, 0.3) is 11.8 Å². The zero-order chi connectivity index (χ0) is 20.5. The molecule has 0 radical (unpaired) electrons. The Bertz CT molecular complexity index is 635. The third kappa shape index (κ3) is 4.87. The lowest BCUT2D eigenvalue weighted by molar-refractivity contribution is -0.150. The summed E-state index contributed by atoms with van der Waals surface area (Å²) >= 11 is 0. The Labute approximate surface area is 155 Å². The number of nitrogens with two attached hydrogens (primary N) is 1. The van der Waals surface area contributed by atoms with Crippen LogP contribution in [0.15, 0.2) is 0 Å². The lowest BCUT2D eigenvalue weighted by atomic mass is 9.62. The molecule has 0 aromatic heterocycles. The number of nitrogens with one attached hydrogen (secondary N) is 1. The van der Waals surface area contributed by atoms with Crippen molar-refractivity contribution in [3.8, 4) is 0 Å². The summed E-state index contributed by atoms with van der Waals surface area (Å²) in [6, 6.07) is -1.48. The average molecular weight is 390 g/mol. The summed E-state index contributed by atoms with van der Waals surface area (Å²) < 4.78 is 41.4. The Balaban J connectivity index is 2.18. The van der Waals surface area contributed by atoms with E-state index in [1.807, 2.05) is 5.32 Å². The Kier molecular flexibility index (Phi) is 6.01. The number of rotatable bonds is 9. The fraction of sp³-hybridized carbons (Fsp3) is 0.778. The Morgan fingerprint density at radius 1 is 1.07 bits per heavy atom. The minimum absolute atomic E-state index is 0.181. The van der Waals surface area contributed by atoms with Gasteiger partial charge in [0.05, 0.1) is 6.04 Å². The fourth-order valence-corrected chi connectivity index (χ4v) is 3.91. The van der Waals surface area contributed by atoms with Crippen molar-refractivity contribution in [2.24, 2.45) is 11.1 Å². The van der Waals surface area contributed by atoms with Crippen LogP contribution in [0.5, 0.6) is 0 Å². The van der Waals surface area contributed by atoms with Crippen molar-refractivity contribution in [3.05, 3.63) is 0 Å². The molecule has 3 N–H and O–H groups in total. The number of carbonyl (C=O) groups is 4. The SMILES string of the molecule is CC(F)(F)C(=O)NC(CC1(F)CCCC1)C(=O)CC1(C(=O)C(N)=O)CCC1. The maximum atomic E-state index is 14.9. The average Bonchev–Trinajstić information content (AvgIpc) is 2.94. The summed E-state index contributed by atoms with van der Waals surface area (Å²) in [6.07, 6.45) is 1.89. The van der Waals surface area contributed by atoms with Crippen LogP contribution in [-0.2, 0) is 19.2 Å². The van der Waals surface area contributed by atoms with Crippen LogP contribution in [0, 0.1) is 5.41 Å². The molecule has 2 fully saturated rings. The molecule has 2 rings (SSSR count). The third-order valence-corrected chi connectivity index (χ3v) is 5.69. The molecule has 9 heteroatoms. The zero-order valence-corrected chi connectivity index (χ0v) is 15.3. The van der Waals surface area contributed by atoms with Crippen molar-refractivity contribution in [1.29, 1.82) is 0 Å². The molecule has 0 bridgehead atoms. The molecular formula is C18H25F3N2O4. The van der Waals surface area contributed by atoms with Gasteiger partial charge >= 0.3 is 5.92 Å². The zero-order valence-electron chi connectivity index (χ0n) is 15.3. The highest BCUT2D eigenvalue weighted by Gasteiger charge is 2.50. The van der Waals surface area contributed by atoms with Crippen molar-refractivity contribution in [1.82, 2.24) is 5.32 Å². The van der Waals surface area contributed by atoms with Gasteiger partial charge in [-0.1, -0.05) is 19.3 Å². The van der Waals surface area contributed by atoms with Gasteiger partial charge in [0.1, 0.15) is 5.67 Å². The summed E-state index contributed by atoms with van der Waals surface area (Å²) in [5.41, 5.74) is 2.06. The van der Waals surface area contributed by atoms with Gasteiger partial charge in [-0.3, -0.25) is 19.2 Å². The second kappa shape index (κ2) is 7.59. The molecule has 152 valence electrons. The smallest absolute Gasteiger partial charge is 0.321 e. The Morgan fingerprint density at radius 2 is 1.63 bits per heavy atom. The number of amides is 2. The molecule has 0 aliphatic heterocycles. The minimum atomic E-state index is -3.73. The largest absolute Gasteiger partial charge is 0.363 e. The maximum absolute atomic E-state index is 14.9. The standard InChI is InChI=1S/C18H25F3N2O4/c1-16(19,20)15(27)23-11(9-18(21)7-2-3-8-18)12(24)10-17(5-4-6-17)13(25)14(22)26/h11H,2-10H2,1H3,(H2,22,26)(H,23,27). The van der Waals surface area contributed by atoms with Crippen molar-refractivity contribution in [3.63, 3.8) is 0 Å². The van der Waals surface area contributed by atoms with E-state index in [4.69, 9.17) is 5.73 Å². The Hall–Kier alpha value is -1.93. The van der Waals surface area contributed by atoms with Crippen LogP contribution in [-0.4, -0.2) is 41.0 Å². The number of hydrogen-bond acceptors (Lipinski definition) is 4. The molecule has 0 spiro atoms. The van der Waals surface area contributed by atoms with Crippen LogP contribution in [0.3, 0.4) is 0 Å². The molecule has 2 aliphatic rings. The van der Waals surface area contributed by atoms with Gasteiger partial charge in [0.15, 0.2) is 5.78 Å². The molecule has 0 aromatic rings. The van der Waals surface area contributed by atoms with Crippen molar-refractivity contribution in [2.45, 2.75) is 82.3 Å². The van der Waals surface area contributed by atoms with E-state index in [0.29, 0.717) is 26.2 Å². The first-order chi connectivity index (χ1) is 12.4. The second-order valence-corrected chi connectivity index (χ2v) is 7.95. The van der Waals surface area contributed by atoms with Gasteiger partial charge in [-0.2, -0.15) is 8.78 Å². The molecular weight excluding hydrogens is 365 g/mol. The molecule has 27 heavy (non-hydrogen) atoms. The quantitative estimate of drug-likeness (QED) is 0.587. The van der Waals surface area contributed by atoms with Crippen molar-refractivity contribution < 1.29 is 32.3 Å². The topological polar surface area (TPSA) is 106 Å². The summed E-state index contributed by atoms with van der Waals surface area (Å²) in [4.78, 5) is 47.8. The molecule has 2 aliphatic carbocycles. The van der Waals surface area contributed by atoms with E-state index in [1.165, 1.54) is 0 Å². The van der Waals surface area contributed by atoms with Gasteiger partial charge in [-0.15, -0.1) is 0 Å². The molecule has 1 unspecified atom stereocenters. The predicted octanol–water partition coefficient (Wildman–Crippen LogP) is 1.98. The van der Waals surface area contributed by atoms with Gasteiger partial charge in [-0.05, 0) is 25.7 Å². The number of Topliss-reactive ketones (excluding diaryl/α,β-unsaturated/α-hetero) is 2. The first-order valence-corrected chi connectivity index (χ1v) is 9.13. The Morgan fingerprint density at radius 3 is 2.04 bits per heavy atom. The first kappa shape index (κ1) is 21.4. The van der Waals surface area contributed by atoms with E-state index in [9.17, 15) is 32.3 Å². The number of primary amides is 1. The maximum Gasteiger partial charge on any atom is 0.321 e. The monoisotopic (exact) mass is 390 g/mol. The van der Waals surface area contributed by atoms with Crippen LogP contribution in [0.25, 0.3) is 0 Å². The third-order valence-electron chi connectivity index (χ3n) is 5.69. The van der Waals surface area contributed by atoms with Crippen molar-refractivity contribution >= 4 is 23.4 Å². The number of carbonyl (C=O) groups excluding carboxylic acids is 4. The van der Waals surface area contributed by atoms with Crippen LogP contribution in [0.1, 0.15) is 64.7 Å². The predicted molar refractivity (Wildman–Crippen MR) is 89.6 cm³/mol. The molecule has 1 atom stereocenters. The van der Waals surface area contributed by atoms with Crippen LogP contribution < -0.4 is 11.1 Å². The minimum Gasteiger partial charge on any atom is -0.363 e. The number of halogens is 3. The highest BCUT2D eigenvalue weighted by atomic mass is 19.3.